The van der Waals surface area contributed by atoms with Crippen LogP contribution >= 0.6 is 0 Å². The maximum atomic E-state index is 12.9. The van der Waals surface area contributed by atoms with Crippen LogP contribution in [0, 0.1) is 5.92 Å². The van der Waals surface area contributed by atoms with E-state index < -0.39 is 34.1 Å². The highest BCUT2D eigenvalue weighted by Crippen LogP contribution is 2.37. The summed E-state index contributed by atoms with van der Waals surface area (Å²) in [5.74, 6) is -1.92. The molecule has 30 heavy (non-hydrogen) atoms. The van der Waals surface area contributed by atoms with E-state index in [1.807, 2.05) is 0 Å². The van der Waals surface area contributed by atoms with Crippen molar-refractivity contribution < 1.29 is 26.4 Å². The molecule has 3 rings (SSSR count). The topological polar surface area (TPSA) is 66.5 Å². The largest absolute Gasteiger partial charge is 0.391 e. The average molecular weight is 440 g/mol. The molecule has 1 aliphatic carbocycles. The van der Waals surface area contributed by atoms with Crippen LogP contribution in [-0.2, 0) is 10.0 Å². The number of alkyl halides is 3. The van der Waals surface area contributed by atoms with E-state index in [0.717, 1.165) is 4.31 Å². The van der Waals surface area contributed by atoms with E-state index in [0.29, 0.717) is 18.5 Å². The number of benzene rings is 2. The van der Waals surface area contributed by atoms with Crippen LogP contribution in [-0.4, -0.2) is 33.6 Å². The average Bonchev–Trinajstić information content (AvgIpc) is 2.73. The molecule has 1 N–H and O–H groups in total. The lowest BCUT2D eigenvalue weighted by atomic mass is 9.85. The number of nitrogens with zero attached hydrogens (tertiary/aromatic N) is 1. The Morgan fingerprint density at radius 3 is 2.27 bits per heavy atom. The van der Waals surface area contributed by atoms with Crippen LogP contribution < -0.4 is 9.62 Å². The van der Waals surface area contributed by atoms with Gasteiger partial charge in [-0.1, -0.05) is 24.6 Å². The van der Waals surface area contributed by atoms with Gasteiger partial charge < -0.3 is 5.32 Å². The number of hydrogen-bond donors (Lipinski definition) is 1. The molecule has 2 aromatic rings. The van der Waals surface area contributed by atoms with Crippen LogP contribution in [0.4, 0.5) is 18.9 Å². The van der Waals surface area contributed by atoms with Gasteiger partial charge >= 0.3 is 6.18 Å². The van der Waals surface area contributed by atoms with Gasteiger partial charge in [0.05, 0.1) is 16.5 Å². The summed E-state index contributed by atoms with van der Waals surface area (Å²) in [6.07, 6.45) is -3.42. The van der Waals surface area contributed by atoms with Gasteiger partial charge in [-0.15, -0.1) is 0 Å². The molecule has 9 heteroatoms. The summed E-state index contributed by atoms with van der Waals surface area (Å²) < 4.78 is 65.5. The highest BCUT2D eigenvalue weighted by atomic mass is 32.2. The SMILES string of the molecule is CN(c1ccccc1)S(=O)(=O)c1ccc(C(=O)NC2CCCC(C(F)(F)F)C2)cc1. The minimum atomic E-state index is -4.26. The van der Waals surface area contributed by atoms with Crippen molar-refractivity contribution in [3.8, 4) is 0 Å². The maximum Gasteiger partial charge on any atom is 0.391 e. The third-order valence-electron chi connectivity index (χ3n) is 5.37. The summed E-state index contributed by atoms with van der Waals surface area (Å²) >= 11 is 0. The van der Waals surface area contributed by atoms with Crippen LogP contribution in [0.25, 0.3) is 0 Å². The van der Waals surface area contributed by atoms with Crippen LogP contribution in [0.3, 0.4) is 0 Å². The normalized spacial score (nSPS) is 19.9. The van der Waals surface area contributed by atoms with Gasteiger partial charge in [-0.25, -0.2) is 8.42 Å². The fourth-order valence-electron chi connectivity index (χ4n) is 3.60. The second-order valence-electron chi connectivity index (χ2n) is 7.41. The number of anilines is 1. The van der Waals surface area contributed by atoms with E-state index in [9.17, 15) is 26.4 Å². The predicted octanol–water partition coefficient (Wildman–Crippen LogP) is 4.36. The Hall–Kier alpha value is -2.55. The van der Waals surface area contributed by atoms with Gasteiger partial charge in [-0.05, 0) is 55.7 Å². The van der Waals surface area contributed by atoms with Crippen molar-refractivity contribution in [2.24, 2.45) is 5.92 Å². The highest BCUT2D eigenvalue weighted by Gasteiger charge is 2.42. The molecule has 0 bridgehead atoms. The lowest BCUT2D eigenvalue weighted by Crippen LogP contribution is -2.41. The molecule has 2 atom stereocenters. The Morgan fingerprint density at radius 2 is 1.67 bits per heavy atom. The number of halogens is 3. The fraction of sp³-hybridized carbons (Fsp3) is 0.381. The minimum Gasteiger partial charge on any atom is -0.349 e. The zero-order chi connectivity index (χ0) is 21.9. The molecule has 0 radical (unpaired) electrons. The standard InChI is InChI=1S/C21H23F3N2O3S/c1-26(18-8-3-2-4-9-18)30(28,29)19-12-10-15(11-13-19)20(27)25-17-7-5-6-16(14-17)21(22,23)24/h2-4,8-13,16-17H,5-7,14H2,1H3,(H,25,27). The molecule has 2 unspecified atom stereocenters. The van der Waals surface area contributed by atoms with E-state index in [1.54, 1.807) is 30.3 Å². The van der Waals surface area contributed by atoms with E-state index in [2.05, 4.69) is 5.32 Å². The van der Waals surface area contributed by atoms with Crippen molar-refractivity contribution in [2.75, 3.05) is 11.4 Å². The number of hydrogen-bond acceptors (Lipinski definition) is 3. The fourth-order valence-corrected chi connectivity index (χ4v) is 4.80. The number of amides is 1. The molecule has 1 amide bonds. The van der Waals surface area contributed by atoms with Gasteiger partial charge in [0, 0.05) is 18.7 Å². The predicted molar refractivity (Wildman–Crippen MR) is 108 cm³/mol. The monoisotopic (exact) mass is 440 g/mol. The second-order valence-corrected chi connectivity index (χ2v) is 9.38. The number of carbonyl (C=O) groups is 1. The quantitative estimate of drug-likeness (QED) is 0.751. The zero-order valence-corrected chi connectivity index (χ0v) is 17.2. The van der Waals surface area contributed by atoms with Crippen molar-refractivity contribution in [3.63, 3.8) is 0 Å². The molecular weight excluding hydrogens is 417 g/mol. The minimum absolute atomic E-state index is 0.0141. The first-order valence-electron chi connectivity index (χ1n) is 9.60. The first kappa shape index (κ1) is 22.1. The number of rotatable bonds is 5. The Kier molecular flexibility index (Phi) is 6.40. The molecule has 162 valence electrons. The van der Waals surface area contributed by atoms with Gasteiger partial charge in [0.15, 0.2) is 0 Å². The number of carbonyl (C=O) groups excluding carboxylic acids is 1. The first-order valence-corrected chi connectivity index (χ1v) is 11.0. The number of nitrogens with one attached hydrogen (secondary N) is 1. The lowest BCUT2D eigenvalue weighted by molar-refractivity contribution is -0.183. The van der Waals surface area contributed by atoms with E-state index in [-0.39, 0.29) is 23.3 Å². The summed E-state index contributed by atoms with van der Waals surface area (Å²) in [4.78, 5) is 12.4. The molecule has 5 nitrogen and oxygen atoms in total. The van der Waals surface area contributed by atoms with Gasteiger partial charge in [-0.3, -0.25) is 9.10 Å². The summed E-state index contributed by atoms with van der Waals surface area (Å²) in [6.45, 7) is 0. The summed E-state index contributed by atoms with van der Waals surface area (Å²) in [5, 5.41) is 2.65. The molecule has 0 heterocycles. The molecule has 1 aliphatic rings. The van der Waals surface area contributed by atoms with Crippen LogP contribution in [0.2, 0.25) is 0 Å². The third-order valence-corrected chi connectivity index (χ3v) is 7.17. The molecular formula is C21H23F3N2O3S. The molecule has 1 saturated carbocycles. The van der Waals surface area contributed by atoms with Crippen LogP contribution in [0.15, 0.2) is 59.5 Å². The molecule has 0 aliphatic heterocycles. The van der Waals surface area contributed by atoms with Crippen LogP contribution in [0.5, 0.6) is 0 Å². The molecule has 1 fully saturated rings. The molecule has 2 aromatic carbocycles. The summed E-state index contributed by atoms with van der Waals surface area (Å²) in [7, 11) is -2.37. The number of para-hydroxylation sites is 1. The third kappa shape index (κ3) is 4.95. The van der Waals surface area contributed by atoms with Gasteiger partial charge in [0.1, 0.15) is 0 Å². The number of sulfonamides is 1. The van der Waals surface area contributed by atoms with Gasteiger partial charge in [0.25, 0.3) is 15.9 Å². The van der Waals surface area contributed by atoms with Crippen LogP contribution in [0.1, 0.15) is 36.0 Å². The van der Waals surface area contributed by atoms with Crippen molar-refractivity contribution in [1.82, 2.24) is 5.32 Å². The summed E-state index contributed by atoms with van der Waals surface area (Å²) in [5.41, 5.74) is 0.696. The van der Waals surface area contributed by atoms with E-state index in [4.69, 9.17) is 0 Å². The van der Waals surface area contributed by atoms with Crippen molar-refractivity contribution in [2.45, 2.75) is 42.8 Å². The van der Waals surface area contributed by atoms with Crippen molar-refractivity contribution in [1.29, 1.82) is 0 Å². The first-order chi connectivity index (χ1) is 14.1. The van der Waals surface area contributed by atoms with E-state index in [1.165, 1.54) is 31.3 Å². The second kappa shape index (κ2) is 8.67. The molecule has 0 spiro atoms. The Bertz CT molecular complexity index is 977. The highest BCUT2D eigenvalue weighted by molar-refractivity contribution is 7.92. The Labute approximate surface area is 173 Å². The Morgan fingerprint density at radius 1 is 1.03 bits per heavy atom. The smallest absolute Gasteiger partial charge is 0.349 e. The van der Waals surface area contributed by atoms with E-state index >= 15 is 0 Å². The molecule has 0 aromatic heterocycles. The Balaban J connectivity index is 1.68. The van der Waals surface area contributed by atoms with Crippen molar-refractivity contribution in [3.05, 3.63) is 60.2 Å². The van der Waals surface area contributed by atoms with Gasteiger partial charge in [0.2, 0.25) is 0 Å². The maximum absolute atomic E-state index is 12.9. The lowest BCUT2D eigenvalue weighted by Gasteiger charge is -2.31. The van der Waals surface area contributed by atoms with Gasteiger partial charge in [-0.2, -0.15) is 13.2 Å². The zero-order valence-electron chi connectivity index (χ0n) is 16.4. The molecule has 0 saturated heterocycles. The van der Waals surface area contributed by atoms with Crippen molar-refractivity contribution >= 4 is 21.6 Å². The summed E-state index contributed by atoms with van der Waals surface area (Å²) in [6, 6.07) is 13.4.